The second-order valence-corrected chi connectivity index (χ2v) is 7.25. The van der Waals surface area contributed by atoms with Crippen molar-refractivity contribution < 1.29 is 18.0 Å². The maximum Gasteiger partial charge on any atom is 0.398 e. The molecule has 0 fully saturated rings. The highest BCUT2D eigenvalue weighted by molar-refractivity contribution is 7.99. The predicted molar refractivity (Wildman–Crippen MR) is 102 cm³/mol. The second kappa shape index (κ2) is 9.64. The van der Waals surface area contributed by atoms with Crippen molar-refractivity contribution >= 4 is 23.4 Å². The molecule has 5 nitrogen and oxygen atoms in total. The molecular weight excluding hydrogens is 389 g/mol. The van der Waals surface area contributed by atoms with Crippen LogP contribution in [-0.2, 0) is 17.8 Å². The Morgan fingerprint density at radius 3 is 2.71 bits per heavy atom. The monoisotopic (exact) mass is 410 g/mol. The van der Waals surface area contributed by atoms with Gasteiger partial charge in [0.1, 0.15) is 0 Å². The molecule has 1 aromatic carbocycles. The number of benzene rings is 1. The zero-order valence-corrected chi connectivity index (χ0v) is 16.5. The Morgan fingerprint density at radius 2 is 2.04 bits per heavy atom. The van der Waals surface area contributed by atoms with Crippen molar-refractivity contribution in [1.82, 2.24) is 9.78 Å². The summed E-state index contributed by atoms with van der Waals surface area (Å²) in [5.41, 5.74) is 3.05. The lowest BCUT2D eigenvalue weighted by Crippen LogP contribution is -2.14. The third-order valence-corrected chi connectivity index (χ3v) is 5.26. The summed E-state index contributed by atoms with van der Waals surface area (Å²) < 4.78 is 39.2. The average molecular weight is 410 g/mol. The summed E-state index contributed by atoms with van der Waals surface area (Å²) in [7, 11) is 0. The largest absolute Gasteiger partial charge is 0.398 e. The van der Waals surface area contributed by atoms with Crippen LogP contribution in [0.4, 0.5) is 18.9 Å². The van der Waals surface area contributed by atoms with Crippen molar-refractivity contribution in [3.63, 3.8) is 0 Å². The second-order valence-electron chi connectivity index (χ2n) is 6.23. The number of nitriles is 1. The number of hydrogen-bond acceptors (Lipinski definition) is 4. The minimum atomic E-state index is -4.28. The van der Waals surface area contributed by atoms with Crippen molar-refractivity contribution in [2.75, 3.05) is 11.1 Å². The predicted octanol–water partition coefficient (Wildman–Crippen LogP) is 4.64. The quantitative estimate of drug-likeness (QED) is 0.644. The topological polar surface area (TPSA) is 70.7 Å². The van der Waals surface area contributed by atoms with Crippen LogP contribution in [0.15, 0.2) is 29.2 Å². The molecular formula is C19H21F3N4OS. The molecule has 0 unspecified atom stereocenters. The van der Waals surface area contributed by atoms with Crippen molar-refractivity contribution in [1.29, 1.82) is 5.26 Å². The highest BCUT2D eigenvalue weighted by atomic mass is 32.2. The Balaban J connectivity index is 1.99. The summed E-state index contributed by atoms with van der Waals surface area (Å²) in [5, 5.41) is 15.8. The van der Waals surface area contributed by atoms with Crippen LogP contribution in [0.5, 0.6) is 0 Å². The van der Waals surface area contributed by atoms with E-state index < -0.39 is 11.9 Å². The van der Waals surface area contributed by atoms with Crippen LogP contribution < -0.4 is 5.32 Å². The van der Waals surface area contributed by atoms with Crippen LogP contribution in [0, 0.1) is 25.2 Å². The molecule has 1 aromatic heterocycles. The fourth-order valence-corrected chi connectivity index (χ4v) is 3.54. The van der Waals surface area contributed by atoms with Crippen LogP contribution >= 0.6 is 11.8 Å². The van der Waals surface area contributed by atoms with Gasteiger partial charge < -0.3 is 5.32 Å². The zero-order valence-electron chi connectivity index (χ0n) is 15.6. The van der Waals surface area contributed by atoms with Gasteiger partial charge in [-0.1, -0.05) is 12.1 Å². The summed E-state index contributed by atoms with van der Waals surface area (Å²) >= 11 is 0.647. The standard InChI is InChI=1S/C19H21F3N4OS/c1-13-15(14(2)26(25-13)11-5-10-23)8-9-18(27)24-16-6-3-4-7-17(16)28-12-19(20,21)22/h3-4,6-7H,5,8-9,11-12H2,1-2H3,(H,24,27). The van der Waals surface area contributed by atoms with Crippen LogP contribution in [0.3, 0.4) is 0 Å². The summed E-state index contributed by atoms with van der Waals surface area (Å²) in [6.07, 6.45) is -3.27. The number of thioether (sulfide) groups is 1. The van der Waals surface area contributed by atoms with Gasteiger partial charge in [-0.15, -0.1) is 11.8 Å². The number of anilines is 1. The Hall–Kier alpha value is -2.47. The van der Waals surface area contributed by atoms with E-state index in [0.29, 0.717) is 41.7 Å². The Bertz CT molecular complexity index is 871. The number of alkyl halides is 3. The van der Waals surface area contributed by atoms with E-state index in [-0.39, 0.29) is 12.3 Å². The van der Waals surface area contributed by atoms with Gasteiger partial charge in [0, 0.05) is 17.0 Å². The number of halogens is 3. The lowest BCUT2D eigenvalue weighted by molar-refractivity contribution is -0.116. The van der Waals surface area contributed by atoms with Crippen molar-refractivity contribution in [2.45, 2.75) is 50.7 Å². The fourth-order valence-electron chi connectivity index (χ4n) is 2.78. The van der Waals surface area contributed by atoms with E-state index in [0.717, 1.165) is 17.0 Å². The van der Waals surface area contributed by atoms with E-state index in [1.54, 1.807) is 28.9 Å². The van der Waals surface area contributed by atoms with Gasteiger partial charge in [0.2, 0.25) is 5.91 Å². The number of para-hydroxylation sites is 1. The molecule has 9 heteroatoms. The molecule has 28 heavy (non-hydrogen) atoms. The summed E-state index contributed by atoms with van der Waals surface area (Å²) in [6.45, 7) is 4.25. The molecule has 0 aliphatic rings. The van der Waals surface area contributed by atoms with Crippen molar-refractivity contribution in [3.05, 3.63) is 41.2 Å². The molecule has 150 valence electrons. The normalized spacial score (nSPS) is 11.3. The molecule has 0 radical (unpaired) electrons. The van der Waals surface area contributed by atoms with Crippen LogP contribution in [-0.4, -0.2) is 27.6 Å². The van der Waals surface area contributed by atoms with Gasteiger partial charge in [-0.3, -0.25) is 9.48 Å². The molecule has 0 bridgehead atoms. The minimum Gasteiger partial charge on any atom is -0.325 e. The molecule has 0 atom stereocenters. The summed E-state index contributed by atoms with van der Waals surface area (Å²) in [4.78, 5) is 12.7. The highest BCUT2D eigenvalue weighted by Crippen LogP contribution is 2.32. The molecule has 1 heterocycles. The van der Waals surface area contributed by atoms with E-state index in [4.69, 9.17) is 5.26 Å². The maximum atomic E-state index is 12.5. The van der Waals surface area contributed by atoms with E-state index in [9.17, 15) is 18.0 Å². The van der Waals surface area contributed by atoms with Gasteiger partial charge in [0.15, 0.2) is 0 Å². The van der Waals surface area contributed by atoms with Crippen LogP contribution in [0.1, 0.15) is 29.8 Å². The van der Waals surface area contributed by atoms with Gasteiger partial charge in [0.25, 0.3) is 0 Å². The number of amides is 1. The number of carbonyl (C=O) groups excluding carboxylic acids is 1. The number of rotatable bonds is 8. The number of carbonyl (C=O) groups is 1. The van der Waals surface area contributed by atoms with Crippen LogP contribution in [0.25, 0.3) is 0 Å². The lowest BCUT2D eigenvalue weighted by Gasteiger charge is -2.12. The molecule has 0 spiro atoms. The van der Waals surface area contributed by atoms with Gasteiger partial charge in [-0.05, 0) is 38.0 Å². The summed E-state index contributed by atoms with van der Waals surface area (Å²) in [5.74, 6) is -1.29. The molecule has 0 saturated carbocycles. The maximum absolute atomic E-state index is 12.5. The summed E-state index contributed by atoms with van der Waals surface area (Å²) in [6, 6.07) is 8.53. The third kappa shape index (κ3) is 6.30. The van der Waals surface area contributed by atoms with E-state index >= 15 is 0 Å². The van der Waals surface area contributed by atoms with E-state index in [1.807, 2.05) is 13.8 Å². The number of nitrogens with one attached hydrogen (secondary N) is 1. The fraction of sp³-hybridized carbons (Fsp3) is 0.421. The molecule has 1 amide bonds. The number of aryl methyl sites for hydroxylation is 2. The smallest absolute Gasteiger partial charge is 0.325 e. The first-order chi connectivity index (χ1) is 13.2. The molecule has 2 rings (SSSR count). The molecule has 2 aromatic rings. The molecule has 0 aliphatic heterocycles. The van der Waals surface area contributed by atoms with Crippen molar-refractivity contribution in [3.8, 4) is 6.07 Å². The Kier molecular flexibility index (Phi) is 7.52. The first kappa shape index (κ1) is 21.8. The van der Waals surface area contributed by atoms with Gasteiger partial charge in [-0.25, -0.2) is 0 Å². The highest BCUT2D eigenvalue weighted by Gasteiger charge is 2.27. The first-order valence-electron chi connectivity index (χ1n) is 8.69. The van der Waals surface area contributed by atoms with E-state index in [2.05, 4.69) is 16.5 Å². The SMILES string of the molecule is Cc1nn(CCC#N)c(C)c1CCC(=O)Nc1ccccc1SCC(F)(F)F. The third-order valence-electron chi connectivity index (χ3n) is 4.12. The number of nitrogens with zero attached hydrogens (tertiary/aromatic N) is 3. The zero-order chi connectivity index (χ0) is 20.7. The minimum absolute atomic E-state index is 0.184. The molecule has 0 aliphatic carbocycles. The molecule has 1 N–H and O–H groups in total. The van der Waals surface area contributed by atoms with Gasteiger partial charge in [0.05, 0.1) is 36.2 Å². The van der Waals surface area contributed by atoms with Crippen LogP contribution in [0.2, 0.25) is 0 Å². The number of hydrogen-bond donors (Lipinski definition) is 1. The van der Waals surface area contributed by atoms with Gasteiger partial charge in [-0.2, -0.15) is 23.5 Å². The van der Waals surface area contributed by atoms with E-state index in [1.165, 1.54) is 0 Å². The Morgan fingerprint density at radius 1 is 1.32 bits per heavy atom. The number of aromatic nitrogens is 2. The van der Waals surface area contributed by atoms with Gasteiger partial charge >= 0.3 is 6.18 Å². The van der Waals surface area contributed by atoms with Crippen molar-refractivity contribution in [2.24, 2.45) is 0 Å². The lowest BCUT2D eigenvalue weighted by atomic mass is 10.1. The molecule has 0 saturated heterocycles. The Labute approximate surface area is 165 Å². The first-order valence-corrected chi connectivity index (χ1v) is 9.68. The average Bonchev–Trinajstić information content (AvgIpc) is 2.90.